The van der Waals surface area contributed by atoms with E-state index in [1.54, 1.807) is 24.4 Å². The Labute approximate surface area is 142 Å². The smallest absolute Gasteiger partial charge is 0.343 e. The van der Waals surface area contributed by atoms with Crippen LogP contribution in [0, 0.1) is 0 Å². The molecule has 1 aromatic heterocycles. The number of carbonyl (C=O) groups is 1. The number of rotatable bonds is 4. The first kappa shape index (κ1) is 16.8. The van der Waals surface area contributed by atoms with Gasteiger partial charge in [-0.25, -0.2) is 0 Å². The van der Waals surface area contributed by atoms with Crippen molar-refractivity contribution in [3.8, 4) is 0 Å². The van der Waals surface area contributed by atoms with Crippen LogP contribution < -0.4 is 5.32 Å². The number of hydrogen-bond donors (Lipinski definition) is 1. The Balaban J connectivity index is 1.94. The van der Waals surface area contributed by atoms with E-state index in [9.17, 15) is 18.0 Å². The van der Waals surface area contributed by atoms with E-state index in [2.05, 4.69) is 11.9 Å². The average molecular weight is 344 g/mol. The molecule has 3 rings (SSSR count). The molecule has 0 radical (unpaired) electrons. The lowest BCUT2D eigenvalue weighted by Crippen LogP contribution is -2.08. The quantitative estimate of drug-likeness (QED) is 0.676. The lowest BCUT2D eigenvalue weighted by Gasteiger charge is -2.11. The molecule has 2 aromatic carbocycles. The number of anilines is 1. The van der Waals surface area contributed by atoms with Crippen molar-refractivity contribution in [2.45, 2.75) is 12.7 Å². The summed E-state index contributed by atoms with van der Waals surface area (Å²) in [5.74, 6) is -0.321. The van der Waals surface area contributed by atoms with E-state index >= 15 is 0 Å². The maximum absolute atomic E-state index is 12.9. The number of fused-ring (bicyclic) bond motifs is 1. The normalized spacial score (nSPS) is 11.5. The second kappa shape index (κ2) is 6.47. The van der Waals surface area contributed by atoms with Crippen LogP contribution in [0.25, 0.3) is 10.9 Å². The molecule has 6 heteroatoms. The highest BCUT2D eigenvalue weighted by atomic mass is 19.4. The Morgan fingerprint density at radius 2 is 1.92 bits per heavy atom. The van der Waals surface area contributed by atoms with Crippen LogP contribution in [0.2, 0.25) is 0 Å². The Kier molecular flexibility index (Phi) is 4.35. The molecule has 0 aliphatic heterocycles. The summed E-state index contributed by atoms with van der Waals surface area (Å²) in [5, 5.41) is 3.53. The molecular weight excluding hydrogens is 329 g/mol. The van der Waals surface area contributed by atoms with E-state index < -0.39 is 11.7 Å². The van der Waals surface area contributed by atoms with Crippen molar-refractivity contribution in [1.29, 1.82) is 0 Å². The van der Waals surface area contributed by atoms with Gasteiger partial charge in [0.05, 0.1) is 16.8 Å². The molecule has 1 heterocycles. The fraction of sp³-hybridized carbons (Fsp3) is 0.105. The highest BCUT2D eigenvalue weighted by Gasteiger charge is 2.30. The summed E-state index contributed by atoms with van der Waals surface area (Å²) >= 11 is 0. The van der Waals surface area contributed by atoms with Gasteiger partial charge in [-0.2, -0.15) is 13.2 Å². The predicted molar refractivity (Wildman–Crippen MR) is 91.3 cm³/mol. The minimum absolute atomic E-state index is 0.298. The summed E-state index contributed by atoms with van der Waals surface area (Å²) in [6, 6.07) is 12.5. The fourth-order valence-electron chi connectivity index (χ4n) is 2.70. The third-order valence-electron chi connectivity index (χ3n) is 3.86. The van der Waals surface area contributed by atoms with Gasteiger partial charge in [-0.05, 0) is 42.0 Å². The molecule has 1 amide bonds. The molecule has 0 bridgehead atoms. The van der Waals surface area contributed by atoms with Crippen molar-refractivity contribution >= 4 is 22.5 Å². The molecule has 1 N–H and O–H groups in total. The highest BCUT2D eigenvalue weighted by molar-refractivity contribution is 6.05. The van der Waals surface area contributed by atoms with Crippen LogP contribution in [0.1, 0.15) is 11.1 Å². The summed E-state index contributed by atoms with van der Waals surface area (Å²) in [6.45, 7) is 3.71. The lowest BCUT2D eigenvalue weighted by molar-refractivity contribution is -0.137. The first-order valence-electron chi connectivity index (χ1n) is 7.56. The number of amides is 1. The number of carbonyl (C=O) groups excluding carboxylic acids is 1. The summed E-state index contributed by atoms with van der Waals surface area (Å²) in [7, 11) is 0. The number of nitrogens with one attached hydrogen (secondary N) is 1. The molecule has 0 unspecified atom stereocenters. The molecular formula is C19H15F3N2O. The molecule has 0 atom stereocenters. The van der Waals surface area contributed by atoms with Gasteiger partial charge < -0.3 is 9.88 Å². The van der Waals surface area contributed by atoms with E-state index in [1.807, 2.05) is 16.7 Å². The molecule has 3 nitrogen and oxygen atoms in total. The molecule has 25 heavy (non-hydrogen) atoms. The maximum atomic E-state index is 12.9. The third kappa shape index (κ3) is 3.57. The van der Waals surface area contributed by atoms with Crippen molar-refractivity contribution in [2.24, 2.45) is 0 Å². The number of nitrogens with zero attached hydrogens (tertiary/aromatic N) is 1. The molecule has 0 saturated heterocycles. The van der Waals surface area contributed by atoms with Crippen LogP contribution >= 0.6 is 0 Å². The Morgan fingerprint density at radius 1 is 1.16 bits per heavy atom. The second-order valence-electron chi connectivity index (χ2n) is 5.57. The standard InChI is InChI=1S/C19H15F3N2O/c1-2-18(25)23-16-7-4-8-17-15(16)9-10-24(17)12-13-5-3-6-14(11-13)19(20,21)22/h2-11H,1,12H2,(H,23,25). The topological polar surface area (TPSA) is 34.0 Å². The second-order valence-corrected chi connectivity index (χ2v) is 5.57. The van der Waals surface area contributed by atoms with E-state index in [0.29, 0.717) is 17.8 Å². The average Bonchev–Trinajstić information content (AvgIpc) is 2.98. The Morgan fingerprint density at radius 3 is 2.64 bits per heavy atom. The summed E-state index contributed by atoms with van der Waals surface area (Å²) in [5.41, 5.74) is 1.33. The largest absolute Gasteiger partial charge is 0.416 e. The highest BCUT2D eigenvalue weighted by Crippen LogP contribution is 2.30. The molecule has 128 valence electrons. The van der Waals surface area contributed by atoms with Gasteiger partial charge in [0.2, 0.25) is 5.91 Å². The van der Waals surface area contributed by atoms with Gasteiger partial charge in [-0.3, -0.25) is 4.79 Å². The van der Waals surface area contributed by atoms with Crippen LogP contribution in [-0.4, -0.2) is 10.5 Å². The SMILES string of the molecule is C=CC(=O)Nc1cccc2c1ccn2Cc1cccc(C(F)(F)F)c1. The molecule has 0 spiro atoms. The predicted octanol–water partition coefficient (Wildman–Crippen LogP) is 4.83. The van der Waals surface area contributed by atoms with Gasteiger partial charge in [0, 0.05) is 18.1 Å². The minimum atomic E-state index is -4.36. The first-order valence-corrected chi connectivity index (χ1v) is 7.56. The van der Waals surface area contributed by atoms with Gasteiger partial charge in [0.25, 0.3) is 0 Å². The van der Waals surface area contributed by atoms with Crippen molar-refractivity contribution < 1.29 is 18.0 Å². The van der Waals surface area contributed by atoms with Crippen LogP contribution in [-0.2, 0) is 17.5 Å². The molecule has 0 fully saturated rings. The number of alkyl halides is 3. The lowest BCUT2D eigenvalue weighted by atomic mass is 10.1. The third-order valence-corrected chi connectivity index (χ3v) is 3.86. The molecule has 0 aliphatic carbocycles. The zero-order valence-electron chi connectivity index (χ0n) is 13.2. The van der Waals surface area contributed by atoms with Gasteiger partial charge in [0.1, 0.15) is 0 Å². The number of halogens is 3. The summed E-state index contributed by atoms with van der Waals surface area (Å²) < 4.78 is 40.4. The molecule has 3 aromatic rings. The van der Waals surface area contributed by atoms with Crippen molar-refractivity contribution in [3.05, 3.63) is 78.5 Å². The van der Waals surface area contributed by atoms with Gasteiger partial charge in [-0.15, -0.1) is 0 Å². The van der Waals surface area contributed by atoms with E-state index in [-0.39, 0.29) is 5.91 Å². The van der Waals surface area contributed by atoms with Crippen LogP contribution in [0.4, 0.5) is 18.9 Å². The van der Waals surface area contributed by atoms with E-state index in [4.69, 9.17) is 0 Å². The van der Waals surface area contributed by atoms with E-state index in [1.165, 1.54) is 12.1 Å². The maximum Gasteiger partial charge on any atom is 0.416 e. The summed E-state index contributed by atoms with van der Waals surface area (Å²) in [6.07, 6.45) is -1.40. The zero-order valence-corrected chi connectivity index (χ0v) is 13.2. The van der Waals surface area contributed by atoms with E-state index in [0.717, 1.165) is 23.0 Å². The summed E-state index contributed by atoms with van der Waals surface area (Å²) in [4.78, 5) is 11.5. The Bertz CT molecular complexity index is 941. The van der Waals surface area contributed by atoms with Crippen LogP contribution in [0.15, 0.2) is 67.4 Å². The van der Waals surface area contributed by atoms with Crippen LogP contribution in [0.3, 0.4) is 0 Å². The molecule has 0 aliphatic rings. The molecule has 0 saturated carbocycles. The van der Waals surface area contributed by atoms with Crippen LogP contribution in [0.5, 0.6) is 0 Å². The monoisotopic (exact) mass is 344 g/mol. The number of hydrogen-bond acceptors (Lipinski definition) is 1. The van der Waals surface area contributed by atoms with Crippen molar-refractivity contribution in [1.82, 2.24) is 4.57 Å². The van der Waals surface area contributed by atoms with Crippen molar-refractivity contribution in [2.75, 3.05) is 5.32 Å². The fourth-order valence-corrected chi connectivity index (χ4v) is 2.70. The van der Waals surface area contributed by atoms with Gasteiger partial charge in [-0.1, -0.05) is 24.8 Å². The zero-order chi connectivity index (χ0) is 18.0. The number of benzene rings is 2. The first-order chi connectivity index (χ1) is 11.9. The van der Waals surface area contributed by atoms with Crippen molar-refractivity contribution in [3.63, 3.8) is 0 Å². The Hall–Kier alpha value is -3.02. The van der Waals surface area contributed by atoms with Gasteiger partial charge in [0.15, 0.2) is 0 Å². The minimum Gasteiger partial charge on any atom is -0.343 e. The van der Waals surface area contributed by atoms with Gasteiger partial charge >= 0.3 is 6.18 Å². The number of aromatic nitrogens is 1.